The summed E-state index contributed by atoms with van der Waals surface area (Å²) in [5, 5.41) is 10.8. The summed E-state index contributed by atoms with van der Waals surface area (Å²) in [5.41, 5.74) is 0.842. The van der Waals surface area contributed by atoms with Crippen LogP contribution in [0.5, 0.6) is 11.5 Å². The molecule has 0 saturated carbocycles. The van der Waals surface area contributed by atoms with Crippen LogP contribution in [0.4, 0.5) is 0 Å². The van der Waals surface area contributed by atoms with Crippen LogP contribution in [0.1, 0.15) is 45.3 Å². The normalized spacial score (nSPS) is 21.0. The number of aliphatic hydroxyl groups is 1. The first kappa shape index (κ1) is 16.1. The first-order valence-electron chi connectivity index (χ1n) is 8.03. The molecule has 118 valence electrons. The van der Waals surface area contributed by atoms with E-state index in [0.717, 1.165) is 37.2 Å². The van der Waals surface area contributed by atoms with Crippen molar-refractivity contribution in [1.82, 2.24) is 4.90 Å². The van der Waals surface area contributed by atoms with Gasteiger partial charge in [-0.15, -0.1) is 0 Å². The lowest BCUT2D eigenvalue weighted by Gasteiger charge is -2.38. The second-order valence-electron chi connectivity index (χ2n) is 5.47. The van der Waals surface area contributed by atoms with Crippen molar-refractivity contribution >= 4 is 0 Å². The van der Waals surface area contributed by atoms with Gasteiger partial charge in [0.2, 0.25) is 0 Å². The Morgan fingerprint density at radius 3 is 2.57 bits per heavy atom. The number of ether oxygens (including phenoxy) is 2. The average molecular weight is 293 g/mol. The first-order valence-corrected chi connectivity index (χ1v) is 8.03. The number of aliphatic hydroxyl groups excluding tert-OH is 1. The quantitative estimate of drug-likeness (QED) is 0.839. The van der Waals surface area contributed by atoms with Crippen molar-refractivity contribution in [1.29, 1.82) is 0 Å². The van der Waals surface area contributed by atoms with Crippen molar-refractivity contribution in [2.45, 2.75) is 45.8 Å². The van der Waals surface area contributed by atoms with Crippen molar-refractivity contribution in [3.63, 3.8) is 0 Å². The summed E-state index contributed by atoms with van der Waals surface area (Å²) in [6.07, 6.45) is 1.64. The Bertz CT molecular complexity index is 444. The van der Waals surface area contributed by atoms with Crippen molar-refractivity contribution in [2.75, 3.05) is 26.3 Å². The molecule has 0 aromatic heterocycles. The lowest BCUT2D eigenvalue weighted by molar-refractivity contribution is 0.00206. The summed E-state index contributed by atoms with van der Waals surface area (Å²) in [4.78, 5) is 2.33. The van der Waals surface area contributed by atoms with Crippen molar-refractivity contribution in [3.8, 4) is 11.5 Å². The fourth-order valence-corrected chi connectivity index (χ4v) is 2.98. The zero-order valence-electron chi connectivity index (χ0n) is 13.3. The van der Waals surface area contributed by atoms with Gasteiger partial charge in [0.1, 0.15) is 12.7 Å². The van der Waals surface area contributed by atoms with E-state index in [0.29, 0.717) is 19.0 Å². The molecule has 0 fully saturated rings. The standard InChI is InChI=1S/C17H27NO3/c1-4-10-18(11-5-2)14-12-21-17-13(16(14)19)8-7-9-15(17)20-6-3/h7-9,14,16,19H,4-6,10-12H2,1-3H3. The minimum atomic E-state index is -0.521. The SMILES string of the molecule is CCCN(CCC)C1COc2c(OCC)cccc2C1O. The van der Waals surface area contributed by atoms with Crippen molar-refractivity contribution in [3.05, 3.63) is 23.8 Å². The van der Waals surface area contributed by atoms with E-state index in [9.17, 15) is 5.11 Å². The van der Waals surface area contributed by atoms with Gasteiger partial charge < -0.3 is 14.6 Å². The Morgan fingerprint density at radius 2 is 1.95 bits per heavy atom. The van der Waals surface area contributed by atoms with E-state index >= 15 is 0 Å². The van der Waals surface area contributed by atoms with Gasteiger partial charge in [0.05, 0.1) is 12.6 Å². The van der Waals surface area contributed by atoms with Gasteiger partial charge >= 0.3 is 0 Å². The lowest BCUT2D eigenvalue weighted by Crippen LogP contribution is -2.46. The van der Waals surface area contributed by atoms with Crippen LogP contribution in [0.15, 0.2) is 18.2 Å². The largest absolute Gasteiger partial charge is 0.490 e. The minimum Gasteiger partial charge on any atom is -0.490 e. The third-order valence-electron chi connectivity index (χ3n) is 3.88. The maximum Gasteiger partial charge on any atom is 0.167 e. The highest BCUT2D eigenvalue weighted by atomic mass is 16.5. The second kappa shape index (κ2) is 7.66. The van der Waals surface area contributed by atoms with Crippen LogP contribution >= 0.6 is 0 Å². The minimum absolute atomic E-state index is 0.0225. The van der Waals surface area contributed by atoms with Gasteiger partial charge in [0.15, 0.2) is 11.5 Å². The van der Waals surface area contributed by atoms with E-state index in [1.165, 1.54) is 0 Å². The molecule has 4 nitrogen and oxygen atoms in total. The molecule has 21 heavy (non-hydrogen) atoms. The van der Waals surface area contributed by atoms with Crippen LogP contribution in [-0.2, 0) is 0 Å². The average Bonchev–Trinajstić information content (AvgIpc) is 2.49. The lowest BCUT2D eigenvalue weighted by atomic mass is 9.97. The summed E-state index contributed by atoms with van der Waals surface area (Å²) in [5.74, 6) is 1.43. The molecular formula is C17H27NO3. The second-order valence-corrected chi connectivity index (χ2v) is 5.47. The van der Waals surface area contributed by atoms with Gasteiger partial charge in [-0.2, -0.15) is 0 Å². The van der Waals surface area contributed by atoms with Crippen molar-refractivity contribution in [2.24, 2.45) is 0 Å². The monoisotopic (exact) mass is 293 g/mol. The van der Waals surface area contributed by atoms with Gasteiger partial charge in [0.25, 0.3) is 0 Å². The third kappa shape index (κ3) is 3.50. The van der Waals surface area contributed by atoms with E-state index < -0.39 is 6.10 Å². The number of rotatable bonds is 7. The molecule has 1 N–H and O–H groups in total. The summed E-state index contributed by atoms with van der Waals surface area (Å²) in [7, 11) is 0. The molecule has 1 aliphatic rings. The Hall–Kier alpha value is -1.26. The molecule has 2 atom stereocenters. The maximum absolute atomic E-state index is 10.8. The molecule has 0 radical (unpaired) electrons. The predicted octanol–water partition coefficient (Wildman–Crippen LogP) is 3.00. The van der Waals surface area contributed by atoms with E-state index in [-0.39, 0.29) is 6.04 Å². The Balaban J connectivity index is 2.23. The van der Waals surface area contributed by atoms with Gasteiger partial charge in [-0.25, -0.2) is 0 Å². The molecule has 0 aliphatic carbocycles. The smallest absolute Gasteiger partial charge is 0.167 e. The van der Waals surface area contributed by atoms with Crippen LogP contribution in [0.25, 0.3) is 0 Å². The topological polar surface area (TPSA) is 41.9 Å². The highest BCUT2D eigenvalue weighted by Crippen LogP contribution is 2.40. The Kier molecular flexibility index (Phi) is 5.88. The van der Waals surface area contributed by atoms with Gasteiger partial charge in [-0.3, -0.25) is 4.90 Å². The van der Waals surface area contributed by atoms with Crippen LogP contribution < -0.4 is 9.47 Å². The molecule has 4 heteroatoms. The zero-order chi connectivity index (χ0) is 15.2. The van der Waals surface area contributed by atoms with Gasteiger partial charge in [0, 0.05) is 5.56 Å². The number of hydrogen-bond acceptors (Lipinski definition) is 4. The summed E-state index contributed by atoms with van der Waals surface area (Å²) < 4.78 is 11.5. The molecule has 2 rings (SSSR count). The van der Waals surface area contributed by atoms with Crippen LogP contribution in [0, 0.1) is 0 Å². The van der Waals surface area contributed by atoms with E-state index in [4.69, 9.17) is 9.47 Å². The van der Waals surface area contributed by atoms with Crippen LogP contribution in [0.2, 0.25) is 0 Å². The molecule has 1 heterocycles. The molecule has 0 bridgehead atoms. The van der Waals surface area contributed by atoms with Crippen LogP contribution in [-0.4, -0.2) is 42.4 Å². The molecular weight excluding hydrogens is 266 g/mol. The molecule has 1 aromatic carbocycles. The maximum atomic E-state index is 10.8. The molecule has 2 unspecified atom stereocenters. The molecule has 0 amide bonds. The zero-order valence-corrected chi connectivity index (χ0v) is 13.3. The third-order valence-corrected chi connectivity index (χ3v) is 3.88. The summed E-state index contributed by atoms with van der Waals surface area (Å²) in [6, 6.07) is 5.77. The Labute approximate surface area is 127 Å². The summed E-state index contributed by atoms with van der Waals surface area (Å²) >= 11 is 0. The summed E-state index contributed by atoms with van der Waals surface area (Å²) in [6.45, 7) is 9.36. The first-order chi connectivity index (χ1) is 10.2. The van der Waals surface area contributed by atoms with Crippen LogP contribution in [0.3, 0.4) is 0 Å². The molecule has 1 aromatic rings. The highest BCUT2D eigenvalue weighted by Gasteiger charge is 2.34. The van der Waals surface area contributed by atoms with Gasteiger partial charge in [-0.05, 0) is 38.9 Å². The number of benzene rings is 1. The predicted molar refractivity (Wildman–Crippen MR) is 84.0 cm³/mol. The van der Waals surface area contributed by atoms with E-state index in [1.54, 1.807) is 0 Å². The number of para-hydroxylation sites is 1. The van der Waals surface area contributed by atoms with Gasteiger partial charge in [-0.1, -0.05) is 26.0 Å². The van der Waals surface area contributed by atoms with E-state index in [2.05, 4.69) is 18.7 Å². The number of fused-ring (bicyclic) bond motifs is 1. The number of hydrogen-bond donors (Lipinski definition) is 1. The Morgan fingerprint density at radius 1 is 1.24 bits per heavy atom. The molecule has 0 spiro atoms. The van der Waals surface area contributed by atoms with E-state index in [1.807, 2.05) is 25.1 Å². The van der Waals surface area contributed by atoms with Crippen molar-refractivity contribution < 1.29 is 14.6 Å². The fraction of sp³-hybridized carbons (Fsp3) is 0.647. The molecule has 0 saturated heterocycles. The molecule has 1 aliphatic heterocycles. The fourth-order valence-electron chi connectivity index (χ4n) is 2.98. The number of nitrogens with zero attached hydrogens (tertiary/aromatic N) is 1. The highest BCUT2D eigenvalue weighted by molar-refractivity contribution is 5.49.